The molecule has 0 radical (unpaired) electrons. The Labute approximate surface area is 190 Å². The number of carbonyl (C=O) groups is 2. The van der Waals surface area contributed by atoms with Crippen molar-refractivity contribution in [2.45, 2.75) is 38.7 Å². The fourth-order valence-electron chi connectivity index (χ4n) is 3.17. The molecule has 4 rings (SSSR count). The van der Waals surface area contributed by atoms with E-state index in [0.29, 0.717) is 18.9 Å². The number of carbonyl (C=O) groups excluding carboxylic acids is 1. The number of amides is 1. The molecule has 3 aromatic rings. The van der Waals surface area contributed by atoms with Gasteiger partial charge in [0.15, 0.2) is 0 Å². The van der Waals surface area contributed by atoms with Crippen LogP contribution in [0.4, 0.5) is 19.1 Å². The molecule has 0 saturated carbocycles. The SMILES string of the molecule is CC1c2nc(CC(=O)NCc3cccs3)cn2CCN1c1ncccn1.O=C(O)C(F)(F)F. The lowest BCUT2D eigenvalue weighted by atomic mass is 10.2. The number of halogens is 3. The zero-order valence-corrected chi connectivity index (χ0v) is 18.3. The minimum absolute atomic E-state index is 0.00949. The van der Waals surface area contributed by atoms with E-state index in [9.17, 15) is 18.0 Å². The summed E-state index contributed by atoms with van der Waals surface area (Å²) in [6.07, 6.45) is 0.693. The molecule has 9 nitrogen and oxygen atoms in total. The van der Waals surface area contributed by atoms with Crippen molar-refractivity contribution in [2.24, 2.45) is 0 Å². The highest BCUT2D eigenvalue weighted by Gasteiger charge is 2.38. The second-order valence-corrected chi connectivity index (χ2v) is 8.07. The molecule has 1 atom stereocenters. The Bertz CT molecular complexity index is 1070. The van der Waals surface area contributed by atoms with Gasteiger partial charge in [-0.15, -0.1) is 11.3 Å². The highest BCUT2D eigenvalue weighted by Crippen LogP contribution is 2.27. The zero-order valence-electron chi connectivity index (χ0n) is 17.5. The predicted molar refractivity (Wildman–Crippen MR) is 114 cm³/mol. The Morgan fingerprint density at radius 2 is 1.94 bits per heavy atom. The number of hydrogen-bond donors (Lipinski definition) is 2. The van der Waals surface area contributed by atoms with Gasteiger partial charge in [0.2, 0.25) is 11.9 Å². The molecule has 0 aliphatic carbocycles. The van der Waals surface area contributed by atoms with E-state index in [0.717, 1.165) is 29.5 Å². The highest BCUT2D eigenvalue weighted by molar-refractivity contribution is 7.09. The summed E-state index contributed by atoms with van der Waals surface area (Å²) in [4.78, 5) is 37.8. The van der Waals surface area contributed by atoms with Crippen LogP contribution in [0.5, 0.6) is 0 Å². The third kappa shape index (κ3) is 6.51. The van der Waals surface area contributed by atoms with Gasteiger partial charge in [-0.3, -0.25) is 4.79 Å². The normalized spacial score (nSPS) is 15.3. The van der Waals surface area contributed by atoms with Crippen LogP contribution in [-0.4, -0.2) is 49.2 Å². The van der Waals surface area contributed by atoms with Crippen molar-refractivity contribution in [1.82, 2.24) is 24.8 Å². The van der Waals surface area contributed by atoms with Gasteiger partial charge in [-0.1, -0.05) is 6.07 Å². The summed E-state index contributed by atoms with van der Waals surface area (Å²) >= 11 is 1.64. The summed E-state index contributed by atoms with van der Waals surface area (Å²) in [5.74, 6) is -1.11. The quantitative estimate of drug-likeness (QED) is 0.575. The number of aromatic nitrogens is 4. The fourth-order valence-corrected chi connectivity index (χ4v) is 3.82. The average molecular weight is 482 g/mol. The van der Waals surface area contributed by atoms with Crippen LogP contribution in [0.2, 0.25) is 0 Å². The number of alkyl halides is 3. The van der Waals surface area contributed by atoms with Gasteiger partial charge in [0.05, 0.1) is 24.7 Å². The Balaban J connectivity index is 0.000000383. The summed E-state index contributed by atoms with van der Waals surface area (Å²) in [6, 6.07) is 5.88. The summed E-state index contributed by atoms with van der Waals surface area (Å²) in [6.45, 7) is 4.29. The Kier molecular flexibility index (Phi) is 7.63. The van der Waals surface area contributed by atoms with Gasteiger partial charge in [0.1, 0.15) is 5.82 Å². The van der Waals surface area contributed by atoms with Gasteiger partial charge in [-0.25, -0.2) is 19.7 Å². The predicted octanol–water partition coefficient (Wildman–Crippen LogP) is 2.81. The zero-order chi connectivity index (χ0) is 24.0. The maximum Gasteiger partial charge on any atom is 0.490 e. The number of carboxylic acids is 1. The molecule has 0 bridgehead atoms. The summed E-state index contributed by atoms with van der Waals surface area (Å²) in [7, 11) is 0. The molecule has 1 amide bonds. The van der Waals surface area contributed by atoms with Crippen LogP contribution in [0.25, 0.3) is 0 Å². The molecule has 1 aliphatic rings. The molecular formula is C20H21F3N6O3S. The molecular weight excluding hydrogens is 461 g/mol. The third-order valence-corrected chi connectivity index (χ3v) is 5.59. The van der Waals surface area contributed by atoms with Crippen molar-refractivity contribution in [2.75, 3.05) is 11.4 Å². The van der Waals surface area contributed by atoms with Crippen molar-refractivity contribution < 1.29 is 27.9 Å². The van der Waals surface area contributed by atoms with Gasteiger partial charge in [-0.05, 0) is 24.4 Å². The van der Waals surface area contributed by atoms with Crippen LogP contribution >= 0.6 is 11.3 Å². The minimum Gasteiger partial charge on any atom is -0.475 e. The summed E-state index contributed by atoms with van der Waals surface area (Å²) < 4.78 is 33.9. The van der Waals surface area contributed by atoms with Crippen LogP contribution < -0.4 is 10.2 Å². The molecule has 0 fully saturated rings. The van der Waals surface area contributed by atoms with Crippen LogP contribution in [0.1, 0.15) is 29.4 Å². The Hall–Kier alpha value is -3.48. The maximum absolute atomic E-state index is 12.2. The van der Waals surface area contributed by atoms with Gasteiger partial charge in [0, 0.05) is 36.6 Å². The lowest BCUT2D eigenvalue weighted by molar-refractivity contribution is -0.192. The second kappa shape index (κ2) is 10.4. The van der Waals surface area contributed by atoms with Crippen LogP contribution in [0.15, 0.2) is 42.2 Å². The maximum atomic E-state index is 12.2. The first-order valence-corrected chi connectivity index (χ1v) is 10.7. The number of nitrogens with one attached hydrogen (secondary N) is 1. The fraction of sp³-hybridized carbons (Fsp3) is 0.350. The van der Waals surface area contributed by atoms with E-state index in [1.54, 1.807) is 23.7 Å². The molecule has 3 aromatic heterocycles. The molecule has 0 aromatic carbocycles. The number of fused-ring (bicyclic) bond motifs is 1. The number of nitrogens with zero attached hydrogens (tertiary/aromatic N) is 5. The first kappa shape index (κ1) is 24.2. The summed E-state index contributed by atoms with van der Waals surface area (Å²) in [5, 5.41) is 12.1. The van der Waals surface area contributed by atoms with Crippen LogP contribution in [0.3, 0.4) is 0 Å². The van der Waals surface area contributed by atoms with Gasteiger partial charge < -0.3 is 19.9 Å². The number of hydrogen-bond acceptors (Lipinski definition) is 7. The van der Waals surface area contributed by atoms with E-state index in [4.69, 9.17) is 14.9 Å². The third-order valence-electron chi connectivity index (χ3n) is 4.71. The number of carboxylic acid groups (broad SMARTS) is 1. The average Bonchev–Trinajstić information content (AvgIpc) is 3.43. The molecule has 0 spiro atoms. The first-order valence-electron chi connectivity index (χ1n) is 9.84. The lowest BCUT2D eigenvalue weighted by Gasteiger charge is -2.33. The van der Waals surface area contributed by atoms with Crippen LogP contribution in [-0.2, 0) is 29.1 Å². The topological polar surface area (TPSA) is 113 Å². The van der Waals surface area contributed by atoms with E-state index in [1.165, 1.54) is 0 Å². The molecule has 4 heterocycles. The van der Waals surface area contributed by atoms with Crippen molar-refractivity contribution in [3.63, 3.8) is 0 Å². The molecule has 33 heavy (non-hydrogen) atoms. The smallest absolute Gasteiger partial charge is 0.475 e. The molecule has 176 valence electrons. The lowest BCUT2D eigenvalue weighted by Crippen LogP contribution is -2.37. The van der Waals surface area contributed by atoms with Gasteiger partial charge >= 0.3 is 12.1 Å². The first-order chi connectivity index (χ1) is 15.6. The van der Waals surface area contributed by atoms with Crippen molar-refractivity contribution in [1.29, 1.82) is 0 Å². The van der Waals surface area contributed by atoms with Crippen molar-refractivity contribution >= 4 is 29.2 Å². The Morgan fingerprint density at radius 3 is 2.55 bits per heavy atom. The molecule has 2 N–H and O–H groups in total. The molecule has 0 saturated heterocycles. The number of rotatable bonds is 5. The van der Waals surface area contributed by atoms with Crippen LogP contribution in [0, 0.1) is 0 Å². The number of imidazole rings is 1. The second-order valence-electron chi connectivity index (χ2n) is 7.04. The largest absolute Gasteiger partial charge is 0.490 e. The standard InChI is InChI=1S/C18H20N6OS.C2HF3O2/c1-13-17-22-14(10-16(25)21-11-15-4-2-9-26-15)12-23(17)7-8-24(13)18-19-5-3-6-20-18;3-2(4,5)1(6)7/h2-6,9,12-13H,7-8,10-11H2,1H3,(H,21,25);(H,6,7). The number of aliphatic carboxylic acids is 1. The number of anilines is 1. The van der Waals surface area contributed by atoms with Gasteiger partial charge in [-0.2, -0.15) is 13.2 Å². The minimum atomic E-state index is -5.08. The van der Waals surface area contributed by atoms with E-state index in [2.05, 4.69) is 31.7 Å². The monoisotopic (exact) mass is 482 g/mol. The van der Waals surface area contributed by atoms with E-state index in [-0.39, 0.29) is 11.9 Å². The number of thiophene rings is 1. The van der Waals surface area contributed by atoms with Gasteiger partial charge in [0.25, 0.3) is 0 Å². The molecule has 1 aliphatic heterocycles. The highest BCUT2D eigenvalue weighted by atomic mass is 32.1. The van der Waals surface area contributed by atoms with E-state index >= 15 is 0 Å². The Morgan fingerprint density at radius 1 is 1.24 bits per heavy atom. The van der Waals surface area contributed by atoms with Crippen molar-refractivity contribution in [3.05, 3.63) is 58.6 Å². The van der Waals surface area contributed by atoms with E-state index in [1.807, 2.05) is 29.8 Å². The molecule has 1 unspecified atom stereocenters. The summed E-state index contributed by atoms with van der Waals surface area (Å²) in [5.41, 5.74) is 0.798. The molecule has 13 heteroatoms. The van der Waals surface area contributed by atoms with E-state index < -0.39 is 12.1 Å². The van der Waals surface area contributed by atoms with Crippen molar-refractivity contribution in [3.8, 4) is 0 Å².